The fourth-order valence-electron chi connectivity index (χ4n) is 2.24. The van der Waals surface area contributed by atoms with E-state index in [-0.39, 0.29) is 25.7 Å². The number of halogens is 3. The average Bonchev–Trinajstić information content (AvgIpc) is 2.41. The lowest BCUT2D eigenvalue weighted by Crippen LogP contribution is -2.53. The van der Waals surface area contributed by atoms with Crippen LogP contribution in [0.2, 0.25) is 0 Å². The lowest BCUT2D eigenvalue weighted by molar-refractivity contribution is -0.138. The molecule has 0 bridgehead atoms. The van der Waals surface area contributed by atoms with E-state index in [1.807, 2.05) is 0 Å². The third kappa shape index (κ3) is 3.54. The maximum Gasteiger partial charge on any atom is 0.416 e. The summed E-state index contributed by atoms with van der Waals surface area (Å²) in [6, 6.07) is 4.43. The summed E-state index contributed by atoms with van der Waals surface area (Å²) in [5.74, 6) is -0.315. The van der Waals surface area contributed by atoms with Crippen molar-refractivity contribution in [1.82, 2.24) is 0 Å². The number of benzene rings is 1. The second-order valence-corrected chi connectivity index (χ2v) is 5.24. The van der Waals surface area contributed by atoms with Crippen molar-refractivity contribution in [1.29, 1.82) is 0 Å². The summed E-state index contributed by atoms with van der Waals surface area (Å²) < 4.78 is 43.0. The minimum Gasteiger partial charge on any atom is -0.396 e. The number of hydrogen-bond donors (Lipinski definition) is 1. The van der Waals surface area contributed by atoms with Crippen LogP contribution >= 0.6 is 0 Å². The zero-order valence-electron chi connectivity index (χ0n) is 11.5. The van der Waals surface area contributed by atoms with Gasteiger partial charge < -0.3 is 14.7 Å². The van der Waals surface area contributed by atoms with Crippen LogP contribution in [0.1, 0.15) is 18.9 Å². The summed E-state index contributed by atoms with van der Waals surface area (Å²) in [4.78, 5) is 13.3. The first-order valence-corrected chi connectivity index (χ1v) is 6.48. The van der Waals surface area contributed by atoms with Gasteiger partial charge in [0.2, 0.25) is 0 Å². The Hall–Kier alpha value is -1.60. The van der Waals surface area contributed by atoms with E-state index in [1.54, 1.807) is 6.92 Å². The number of alkyl halides is 3. The van der Waals surface area contributed by atoms with E-state index in [0.717, 1.165) is 12.1 Å². The van der Waals surface area contributed by atoms with Crippen molar-refractivity contribution in [3.63, 3.8) is 0 Å². The largest absolute Gasteiger partial charge is 0.416 e. The van der Waals surface area contributed by atoms with Gasteiger partial charge in [0.1, 0.15) is 6.61 Å². The highest BCUT2D eigenvalue weighted by molar-refractivity contribution is 5.95. The van der Waals surface area contributed by atoms with Gasteiger partial charge in [-0.15, -0.1) is 0 Å². The summed E-state index contributed by atoms with van der Waals surface area (Å²) in [6.45, 7) is 1.70. The van der Waals surface area contributed by atoms with E-state index >= 15 is 0 Å². The van der Waals surface area contributed by atoms with Crippen molar-refractivity contribution in [2.45, 2.75) is 25.1 Å². The molecule has 1 aromatic carbocycles. The number of morpholine rings is 1. The lowest BCUT2D eigenvalue weighted by Gasteiger charge is -2.40. The monoisotopic (exact) mass is 303 g/mol. The number of rotatable bonds is 3. The SMILES string of the molecule is CC1(CCO)CN(c2ccc(C(F)(F)F)cc2)C(=O)CO1. The minimum atomic E-state index is -4.40. The minimum absolute atomic E-state index is 0.0917. The van der Waals surface area contributed by atoms with Gasteiger partial charge in [-0.1, -0.05) is 0 Å². The predicted octanol–water partition coefficient (Wildman–Crippen LogP) is 2.21. The molecule has 21 heavy (non-hydrogen) atoms. The molecule has 1 amide bonds. The van der Waals surface area contributed by atoms with E-state index in [0.29, 0.717) is 12.1 Å². The molecular weight excluding hydrogens is 287 g/mol. The van der Waals surface area contributed by atoms with Gasteiger partial charge in [0.25, 0.3) is 5.91 Å². The summed E-state index contributed by atoms with van der Waals surface area (Å²) in [7, 11) is 0. The van der Waals surface area contributed by atoms with Gasteiger partial charge in [-0.25, -0.2) is 0 Å². The maximum atomic E-state index is 12.5. The number of aliphatic hydroxyl groups is 1. The molecule has 7 heteroatoms. The van der Waals surface area contributed by atoms with Crippen molar-refractivity contribution in [2.75, 3.05) is 24.7 Å². The second kappa shape index (κ2) is 5.65. The van der Waals surface area contributed by atoms with Crippen LogP contribution in [0.3, 0.4) is 0 Å². The molecule has 0 saturated carbocycles. The summed E-state index contributed by atoms with van der Waals surface area (Å²) >= 11 is 0. The van der Waals surface area contributed by atoms with E-state index in [4.69, 9.17) is 9.84 Å². The number of anilines is 1. The topological polar surface area (TPSA) is 49.8 Å². The van der Waals surface area contributed by atoms with Gasteiger partial charge in [-0.3, -0.25) is 4.79 Å². The zero-order valence-corrected chi connectivity index (χ0v) is 11.5. The van der Waals surface area contributed by atoms with Gasteiger partial charge in [0.15, 0.2) is 0 Å². The zero-order chi connectivity index (χ0) is 15.7. The number of hydrogen-bond acceptors (Lipinski definition) is 3. The van der Waals surface area contributed by atoms with Gasteiger partial charge in [-0.2, -0.15) is 13.2 Å². The Morgan fingerprint density at radius 2 is 1.95 bits per heavy atom. The number of carbonyl (C=O) groups excluding carboxylic acids is 1. The number of aliphatic hydroxyl groups excluding tert-OH is 1. The molecule has 1 aliphatic heterocycles. The van der Waals surface area contributed by atoms with Gasteiger partial charge in [-0.05, 0) is 31.2 Å². The second-order valence-electron chi connectivity index (χ2n) is 5.24. The van der Waals surface area contributed by atoms with Gasteiger partial charge in [0, 0.05) is 18.7 Å². The quantitative estimate of drug-likeness (QED) is 0.931. The first-order valence-electron chi connectivity index (χ1n) is 6.48. The third-order valence-electron chi connectivity index (χ3n) is 3.48. The fraction of sp³-hybridized carbons (Fsp3) is 0.500. The van der Waals surface area contributed by atoms with Crippen molar-refractivity contribution >= 4 is 11.6 Å². The lowest BCUT2D eigenvalue weighted by atomic mass is 9.99. The van der Waals surface area contributed by atoms with Crippen molar-refractivity contribution in [3.8, 4) is 0 Å². The van der Waals surface area contributed by atoms with Crippen LogP contribution in [0.15, 0.2) is 24.3 Å². The van der Waals surface area contributed by atoms with Crippen LogP contribution in [0.4, 0.5) is 18.9 Å². The standard InChI is InChI=1S/C14H16F3NO3/c1-13(6-7-19)9-18(12(20)8-21-13)11-4-2-10(3-5-11)14(15,16)17/h2-5,19H,6-9H2,1H3. The molecule has 2 rings (SSSR count). The molecule has 1 heterocycles. The van der Waals surface area contributed by atoms with E-state index in [2.05, 4.69) is 0 Å². The molecule has 1 unspecified atom stereocenters. The highest BCUT2D eigenvalue weighted by Crippen LogP contribution is 2.32. The number of ether oxygens (including phenoxy) is 1. The molecule has 1 atom stereocenters. The Morgan fingerprint density at radius 1 is 1.33 bits per heavy atom. The van der Waals surface area contributed by atoms with Crippen molar-refractivity contribution < 1.29 is 27.8 Å². The number of nitrogens with zero attached hydrogens (tertiary/aromatic N) is 1. The molecule has 1 N–H and O–H groups in total. The van der Waals surface area contributed by atoms with Gasteiger partial charge in [0.05, 0.1) is 17.7 Å². The van der Waals surface area contributed by atoms with Gasteiger partial charge >= 0.3 is 6.18 Å². The Bertz CT molecular complexity index is 515. The summed E-state index contributed by atoms with van der Waals surface area (Å²) in [5.41, 5.74) is -1.07. The van der Waals surface area contributed by atoms with E-state index in [9.17, 15) is 18.0 Å². The first kappa shape index (κ1) is 15.8. The first-order chi connectivity index (χ1) is 9.75. The van der Waals surface area contributed by atoms with Crippen LogP contribution in [0.25, 0.3) is 0 Å². The molecule has 0 aromatic heterocycles. The predicted molar refractivity (Wildman–Crippen MR) is 69.9 cm³/mol. The Morgan fingerprint density at radius 3 is 2.48 bits per heavy atom. The number of amides is 1. The van der Waals surface area contributed by atoms with E-state index < -0.39 is 17.3 Å². The fourth-order valence-corrected chi connectivity index (χ4v) is 2.24. The molecule has 0 spiro atoms. The van der Waals surface area contributed by atoms with Crippen molar-refractivity contribution in [2.24, 2.45) is 0 Å². The van der Waals surface area contributed by atoms with Crippen LogP contribution < -0.4 is 4.90 Å². The maximum absolute atomic E-state index is 12.5. The molecule has 1 aliphatic rings. The molecular formula is C14H16F3NO3. The highest BCUT2D eigenvalue weighted by Gasteiger charge is 2.36. The highest BCUT2D eigenvalue weighted by atomic mass is 19.4. The molecule has 116 valence electrons. The Kier molecular flexibility index (Phi) is 4.25. The third-order valence-corrected chi connectivity index (χ3v) is 3.48. The Balaban J connectivity index is 2.21. The molecule has 0 radical (unpaired) electrons. The molecule has 1 aromatic rings. The number of carbonyl (C=O) groups is 1. The molecule has 1 saturated heterocycles. The van der Waals surface area contributed by atoms with Crippen LogP contribution in [-0.2, 0) is 15.7 Å². The summed E-state index contributed by atoms with van der Waals surface area (Å²) in [6.07, 6.45) is -4.06. The average molecular weight is 303 g/mol. The smallest absolute Gasteiger partial charge is 0.396 e. The molecule has 0 aliphatic carbocycles. The normalized spacial score (nSPS) is 23.5. The van der Waals surface area contributed by atoms with Crippen molar-refractivity contribution in [3.05, 3.63) is 29.8 Å². The Labute approximate surface area is 120 Å². The molecule has 1 fully saturated rings. The van der Waals surface area contributed by atoms with E-state index in [1.165, 1.54) is 17.0 Å². The summed E-state index contributed by atoms with van der Waals surface area (Å²) in [5, 5.41) is 9.02. The van der Waals surface area contributed by atoms with Crippen LogP contribution in [-0.4, -0.2) is 36.4 Å². The van der Waals surface area contributed by atoms with Crippen LogP contribution in [0.5, 0.6) is 0 Å². The van der Waals surface area contributed by atoms with Crippen LogP contribution in [0, 0.1) is 0 Å². The molecule has 4 nitrogen and oxygen atoms in total.